The molecule has 1 rings (SSSR count). The van der Waals surface area contributed by atoms with Crippen molar-refractivity contribution in [3.8, 4) is 0 Å². The number of hydrogen-bond donors (Lipinski definition) is 0. The normalized spacial score (nSPS) is 18.8. The summed E-state index contributed by atoms with van der Waals surface area (Å²) in [6, 6.07) is 0. The molecule has 0 amide bonds. The zero-order chi connectivity index (χ0) is 48.1. The second-order valence-corrected chi connectivity index (χ2v) is 12.1. The van der Waals surface area contributed by atoms with E-state index in [0.29, 0.717) is 0 Å². The lowest BCUT2D eigenvalue weighted by Gasteiger charge is -2.42. The maximum Gasteiger partial charge on any atom is 0.460 e. The van der Waals surface area contributed by atoms with E-state index in [-0.39, 0.29) is 18.2 Å². The number of halogens is 34. The number of rotatable bonds is 18. The zero-order valence-electron chi connectivity index (χ0n) is 26.5. The van der Waals surface area contributed by atoms with Crippen LogP contribution in [-0.4, -0.2) is 95.3 Å². The molecule has 59 heavy (non-hydrogen) atoms. The molecule has 0 saturated heterocycles. The lowest BCUT2D eigenvalue weighted by Crippen LogP contribution is -2.74. The van der Waals surface area contributed by atoms with Gasteiger partial charge in [0.25, 0.3) is 0 Å². The topological polar surface area (TPSA) is 0 Å². The van der Waals surface area contributed by atoms with E-state index in [1.165, 1.54) is 0 Å². The molecule has 0 N–H and O–H groups in total. The molecular formula is C25H12F34. The minimum absolute atomic E-state index is 0.0101. The molecule has 0 aromatic carbocycles. The molecule has 0 bridgehead atoms. The zero-order valence-corrected chi connectivity index (χ0v) is 26.5. The van der Waals surface area contributed by atoms with Crippen molar-refractivity contribution in [2.45, 2.75) is 121 Å². The van der Waals surface area contributed by atoms with Gasteiger partial charge in [0.2, 0.25) is 0 Å². The molecule has 0 spiro atoms. The van der Waals surface area contributed by atoms with Crippen LogP contribution in [0, 0.1) is 5.92 Å². The standard InChI is InChI=1S/C25H12F34/c26-10(27,12(30,31)14(34,35)16(38,39)18(42,43)20(46,47)22(50,51)24(54,55)56)5-3-8-1-2-9(7-8)4-6-11(28,29)13(32,33)15(36,37)17(40,41)19(44,45)21(48,49)23(52,53)25(57,58)59/h1-2,7-8H,3-6H2. The Balaban J connectivity index is 3.35. The molecular weight excluding hydrogens is 946 g/mol. The number of alkyl halides is 34. The van der Waals surface area contributed by atoms with Crippen LogP contribution in [0.5, 0.6) is 0 Å². The molecule has 0 aromatic heterocycles. The van der Waals surface area contributed by atoms with Crippen LogP contribution in [0.15, 0.2) is 23.8 Å². The van der Waals surface area contributed by atoms with E-state index in [2.05, 4.69) is 0 Å². The Hall–Kier alpha value is -2.90. The largest absolute Gasteiger partial charge is 0.460 e. The Labute approximate surface area is 301 Å². The summed E-state index contributed by atoms with van der Waals surface area (Å²) in [6.07, 6.45) is -26.3. The molecule has 1 aliphatic rings. The van der Waals surface area contributed by atoms with Crippen molar-refractivity contribution < 1.29 is 149 Å². The van der Waals surface area contributed by atoms with Gasteiger partial charge in [0.05, 0.1) is 0 Å². The summed E-state index contributed by atoms with van der Waals surface area (Å²) in [5, 5.41) is 0. The second-order valence-electron chi connectivity index (χ2n) is 12.1. The van der Waals surface area contributed by atoms with E-state index >= 15 is 0 Å². The fourth-order valence-corrected chi connectivity index (χ4v) is 4.34. The van der Waals surface area contributed by atoms with Crippen LogP contribution in [0.3, 0.4) is 0 Å². The van der Waals surface area contributed by atoms with Crippen LogP contribution in [0.25, 0.3) is 0 Å². The SMILES string of the molecule is FC(F)(F)C(F)(F)C(F)(F)C(F)(F)C(F)(F)C(F)(F)C(F)(F)C(F)(F)CCC1=CC(CCC(F)(F)C(F)(F)C(F)(F)C(F)(F)C(F)(F)C(F)(F)C(F)(F)C(F)(F)F)C=C1. The van der Waals surface area contributed by atoms with E-state index in [0.717, 1.165) is 0 Å². The van der Waals surface area contributed by atoms with Crippen LogP contribution in [0.1, 0.15) is 25.7 Å². The first-order chi connectivity index (χ1) is 25.2. The van der Waals surface area contributed by atoms with Crippen molar-refractivity contribution in [3.63, 3.8) is 0 Å². The Morgan fingerprint density at radius 1 is 0.305 bits per heavy atom. The third-order valence-electron chi connectivity index (χ3n) is 8.08. The summed E-state index contributed by atoms with van der Waals surface area (Å²) in [4.78, 5) is 0. The lowest BCUT2D eigenvalue weighted by atomic mass is 9.87. The predicted octanol–water partition coefficient (Wildman–Crippen LogP) is 13.7. The summed E-state index contributed by atoms with van der Waals surface area (Å²) in [6.45, 7) is 0. The van der Waals surface area contributed by atoms with Gasteiger partial charge in [-0.1, -0.05) is 23.8 Å². The van der Waals surface area contributed by atoms with Crippen LogP contribution in [0.2, 0.25) is 0 Å². The van der Waals surface area contributed by atoms with Crippen molar-refractivity contribution in [1.29, 1.82) is 0 Å². The smallest absolute Gasteiger partial charge is 0.200 e. The Bertz CT molecular complexity index is 1560. The molecule has 0 aliphatic heterocycles. The van der Waals surface area contributed by atoms with Gasteiger partial charge in [-0.25, -0.2) is 0 Å². The fraction of sp³-hybridized carbons (Fsp3) is 0.840. The average molecular weight is 958 g/mol. The highest BCUT2D eigenvalue weighted by atomic mass is 19.4. The Morgan fingerprint density at radius 2 is 0.542 bits per heavy atom. The molecule has 0 heterocycles. The van der Waals surface area contributed by atoms with Gasteiger partial charge in [0.1, 0.15) is 0 Å². The van der Waals surface area contributed by atoms with Crippen molar-refractivity contribution in [3.05, 3.63) is 23.8 Å². The molecule has 0 saturated carbocycles. The molecule has 0 aromatic rings. The fourth-order valence-electron chi connectivity index (χ4n) is 4.34. The quantitative estimate of drug-likeness (QED) is 0.120. The lowest BCUT2D eigenvalue weighted by molar-refractivity contribution is -0.461. The van der Waals surface area contributed by atoms with Crippen molar-refractivity contribution >= 4 is 0 Å². The molecule has 0 nitrogen and oxygen atoms in total. The summed E-state index contributed by atoms with van der Waals surface area (Å²) < 4.78 is 455. The van der Waals surface area contributed by atoms with Crippen molar-refractivity contribution in [1.82, 2.24) is 0 Å². The maximum absolute atomic E-state index is 14.1. The first-order valence-corrected chi connectivity index (χ1v) is 14.0. The van der Waals surface area contributed by atoms with Crippen LogP contribution < -0.4 is 0 Å². The maximum atomic E-state index is 14.1. The molecule has 1 atom stereocenters. The third kappa shape index (κ3) is 7.48. The molecule has 1 unspecified atom stereocenters. The van der Waals surface area contributed by atoms with Crippen molar-refractivity contribution in [2.24, 2.45) is 5.92 Å². The highest BCUT2D eigenvalue weighted by Gasteiger charge is 2.96. The third-order valence-corrected chi connectivity index (χ3v) is 8.08. The van der Waals surface area contributed by atoms with E-state index in [4.69, 9.17) is 0 Å². The molecule has 350 valence electrons. The number of allylic oxidation sites excluding steroid dienone is 4. The van der Waals surface area contributed by atoms with E-state index < -0.39 is 132 Å². The highest BCUT2D eigenvalue weighted by Crippen LogP contribution is 2.66. The summed E-state index contributed by atoms with van der Waals surface area (Å²) in [5.41, 5.74) is -1.23. The Morgan fingerprint density at radius 3 is 0.814 bits per heavy atom. The monoisotopic (exact) mass is 958 g/mol. The predicted molar refractivity (Wildman–Crippen MR) is 121 cm³/mol. The average Bonchev–Trinajstić information content (AvgIpc) is 3.48. The summed E-state index contributed by atoms with van der Waals surface area (Å²) in [5.74, 6) is -120. The van der Waals surface area contributed by atoms with E-state index in [9.17, 15) is 149 Å². The van der Waals surface area contributed by atoms with Crippen LogP contribution in [-0.2, 0) is 0 Å². The van der Waals surface area contributed by atoms with Gasteiger partial charge in [-0.05, 0) is 18.8 Å². The second kappa shape index (κ2) is 14.3. The van der Waals surface area contributed by atoms with Crippen molar-refractivity contribution in [2.75, 3.05) is 0 Å². The van der Waals surface area contributed by atoms with E-state index in [1.54, 1.807) is 0 Å². The van der Waals surface area contributed by atoms with Gasteiger partial charge in [0.15, 0.2) is 0 Å². The summed E-state index contributed by atoms with van der Waals surface area (Å²) in [7, 11) is 0. The number of hydrogen-bond acceptors (Lipinski definition) is 0. The van der Waals surface area contributed by atoms with Gasteiger partial charge in [-0.3, -0.25) is 0 Å². The molecule has 0 fully saturated rings. The molecule has 1 aliphatic carbocycles. The first kappa shape index (κ1) is 54.1. The first-order valence-electron chi connectivity index (χ1n) is 14.0. The minimum atomic E-state index is -8.97. The van der Waals surface area contributed by atoms with Gasteiger partial charge < -0.3 is 0 Å². The van der Waals surface area contributed by atoms with Gasteiger partial charge in [-0.15, -0.1) is 0 Å². The minimum Gasteiger partial charge on any atom is -0.200 e. The van der Waals surface area contributed by atoms with Gasteiger partial charge in [0, 0.05) is 12.8 Å². The summed E-state index contributed by atoms with van der Waals surface area (Å²) >= 11 is 0. The van der Waals surface area contributed by atoms with Crippen LogP contribution >= 0.6 is 0 Å². The Kier molecular flexibility index (Phi) is 13.1. The molecule has 34 heteroatoms. The van der Waals surface area contributed by atoms with E-state index in [1.807, 2.05) is 0 Å². The highest BCUT2D eigenvalue weighted by molar-refractivity contribution is 5.29. The van der Waals surface area contributed by atoms with Gasteiger partial charge >= 0.3 is 95.3 Å². The molecule has 0 radical (unpaired) electrons. The van der Waals surface area contributed by atoms with Crippen LogP contribution in [0.4, 0.5) is 149 Å². The van der Waals surface area contributed by atoms with Gasteiger partial charge in [-0.2, -0.15) is 149 Å².